The van der Waals surface area contributed by atoms with E-state index in [1.807, 2.05) is 12.1 Å². The first-order valence-corrected chi connectivity index (χ1v) is 10.4. The SMILES string of the molecule is Cc1cnsc1C(=O)Nc1csc(-c2cnn(-c3ccc(Cl)cc3)c2)c1C(=O)O. The molecule has 1 amide bonds. The number of carbonyl (C=O) groups excluding carboxylic acids is 1. The lowest BCUT2D eigenvalue weighted by Crippen LogP contribution is -2.13. The number of carbonyl (C=O) groups is 2. The predicted octanol–water partition coefficient (Wildman–Crippen LogP) is 4.97. The van der Waals surface area contributed by atoms with E-state index in [1.54, 1.807) is 47.7 Å². The Morgan fingerprint density at radius 1 is 1.21 bits per heavy atom. The van der Waals surface area contributed by atoms with Crippen LogP contribution in [-0.2, 0) is 0 Å². The van der Waals surface area contributed by atoms with Crippen molar-refractivity contribution in [2.75, 3.05) is 5.32 Å². The molecule has 0 unspecified atom stereocenters. The maximum Gasteiger partial charge on any atom is 0.339 e. The molecule has 3 heterocycles. The van der Waals surface area contributed by atoms with Crippen LogP contribution in [0.1, 0.15) is 25.6 Å². The van der Waals surface area contributed by atoms with Crippen LogP contribution in [0.3, 0.4) is 0 Å². The maximum atomic E-state index is 12.5. The molecule has 0 aliphatic rings. The molecule has 4 rings (SSSR count). The van der Waals surface area contributed by atoms with Gasteiger partial charge >= 0.3 is 5.97 Å². The summed E-state index contributed by atoms with van der Waals surface area (Å²) >= 11 is 8.21. The molecule has 29 heavy (non-hydrogen) atoms. The first kappa shape index (κ1) is 19.3. The normalized spacial score (nSPS) is 10.8. The number of benzene rings is 1. The third-order valence-electron chi connectivity index (χ3n) is 4.14. The highest BCUT2D eigenvalue weighted by atomic mass is 35.5. The summed E-state index contributed by atoms with van der Waals surface area (Å²) in [5.41, 5.74) is 2.44. The van der Waals surface area contributed by atoms with E-state index in [4.69, 9.17) is 11.6 Å². The number of carboxylic acids is 1. The molecule has 0 saturated carbocycles. The molecule has 0 spiro atoms. The minimum atomic E-state index is -1.13. The van der Waals surface area contributed by atoms with Crippen LogP contribution in [0.25, 0.3) is 16.1 Å². The molecule has 0 aliphatic carbocycles. The molecule has 1 aromatic carbocycles. The van der Waals surface area contributed by atoms with Gasteiger partial charge in [0.05, 0.1) is 22.4 Å². The summed E-state index contributed by atoms with van der Waals surface area (Å²) in [6.07, 6.45) is 4.92. The molecule has 10 heteroatoms. The molecular weight excluding hydrogens is 432 g/mol. The van der Waals surface area contributed by atoms with E-state index >= 15 is 0 Å². The molecular formula is C19H13ClN4O3S2. The molecule has 0 aliphatic heterocycles. The summed E-state index contributed by atoms with van der Waals surface area (Å²) in [7, 11) is 0. The Morgan fingerprint density at radius 2 is 1.97 bits per heavy atom. The van der Waals surface area contributed by atoms with E-state index in [2.05, 4.69) is 14.8 Å². The molecule has 7 nitrogen and oxygen atoms in total. The van der Waals surface area contributed by atoms with E-state index < -0.39 is 5.97 Å². The molecule has 0 radical (unpaired) electrons. The van der Waals surface area contributed by atoms with Crippen LogP contribution in [0.4, 0.5) is 5.69 Å². The van der Waals surface area contributed by atoms with Crippen molar-refractivity contribution in [1.29, 1.82) is 0 Å². The van der Waals surface area contributed by atoms with Gasteiger partial charge < -0.3 is 10.4 Å². The average molecular weight is 445 g/mol. The topological polar surface area (TPSA) is 97.1 Å². The summed E-state index contributed by atoms with van der Waals surface area (Å²) in [6.45, 7) is 1.78. The van der Waals surface area contributed by atoms with Gasteiger partial charge in [-0.25, -0.2) is 13.8 Å². The molecule has 3 aromatic heterocycles. The second-order valence-corrected chi connectivity index (χ2v) is 8.22. The fourth-order valence-electron chi connectivity index (χ4n) is 2.74. The summed E-state index contributed by atoms with van der Waals surface area (Å²) in [4.78, 5) is 25.4. The number of carboxylic acid groups (broad SMARTS) is 1. The van der Waals surface area contributed by atoms with Crippen molar-refractivity contribution in [1.82, 2.24) is 14.2 Å². The number of hydrogen-bond acceptors (Lipinski definition) is 6. The van der Waals surface area contributed by atoms with Gasteiger partial charge in [-0.05, 0) is 48.3 Å². The highest BCUT2D eigenvalue weighted by molar-refractivity contribution is 7.14. The molecule has 0 fully saturated rings. The zero-order valence-corrected chi connectivity index (χ0v) is 17.3. The number of hydrogen-bond donors (Lipinski definition) is 2. The fraction of sp³-hybridized carbons (Fsp3) is 0.0526. The van der Waals surface area contributed by atoms with Crippen LogP contribution in [0.5, 0.6) is 0 Å². The lowest BCUT2D eigenvalue weighted by Gasteiger charge is -2.05. The van der Waals surface area contributed by atoms with Gasteiger partial charge in [0, 0.05) is 28.4 Å². The van der Waals surface area contributed by atoms with Crippen molar-refractivity contribution in [2.24, 2.45) is 0 Å². The number of amides is 1. The second-order valence-electron chi connectivity index (χ2n) is 6.10. The highest BCUT2D eigenvalue weighted by Gasteiger charge is 2.23. The lowest BCUT2D eigenvalue weighted by molar-refractivity contribution is 0.0699. The van der Waals surface area contributed by atoms with E-state index in [1.165, 1.54) is 11.3 Å². The number of halogens is 1. The minimum absolute atomic E-state index is 0.0289. The minimum Gasteiger partial charge on any atom is -0.478 e. The zero-order chi connectivity index (χ0) is 20.5. The van der Waals surface area contributed by atoms with Crippen LogP contribution in [0.2, 0.25) is 5.02 Å². The Labute approximate surface area is 178 Å². The fourth-order valence-corrected chi connectivity index (χ4v) is 4.48. The Hall–Kier alpha value is -3.01. The van der Waals surface area contributed by atoms with Crippen molar-refractivity contribution in [3.63, 3.8) is 0 Å². The molecule has 2 N–H and O–H groups in total. The van der Waals surface area contributed by atoms with E-state index in [0.717, 1.165) is 22.8 Å². The molecule has 4 aromatic rings. The Kier molecular flexibility index (Phi) is 5.18. The van der Waals surface area contributed by atoms with E-state index in [-0.39, 0.29) is 17.2 Å². The average Bonchev–Trinajstić information content (AvgIpc) is 3.41. The van der Waals surface area contributed by atoms with Gasteiger partial charge in [0.2, 0.25) is 0 Å². The number of aromatic nitrogens is 3. The standard InChI is InChI=1S/C19H13ClN4O3S2/c1-10-6-22-29-16(10)18(25)23-14-9-28-17(15(14)19(26)27)11-7-21-24(8-11)13-4-2-12(20)3-5-13/h2-9H,1H3,(H,23,25)(H,26,27). The smallest absolute Gasteiger partial charge is 0.339 e. The summed E-state index contributed by atoms with van der Waals surface area (Å²) in [5, 5.41) is 19.0. The van der Waals surface area contributed by atoms with Crippen molar-refractivity contribution >= 4 is 52.0 Å². The lowest BCUT2D eigenvalue weighted by atomic mass is 10.1. The number of thiophene rings is 1. The number of anilines is 1. The third-order valence-corrected chi connectivity index (χ3v) is 6.33. The van der Waals surface area contributed by atoms with Gasteiger partial charge in [-0.3, -0.25) is 4.79 Å². The maximum absolute atomic E-state index is 12.5. The number of aryl methyl sites for hydroxylation is 1. The summed E-state index contributed by atoms with van der Waals surface area (Å²) in [5.74, 6) is -1.51. The van der Waals surface area contributed by atoms with Gasteiger partial charge in [0.25, 0.3) is 5.91 Å². The van der Waals surface area contributed by atoms with Crippen LogP contribution in [0.15, 0.2) is 48.2 Å². The number of nitrogens with one attached hydrogen (secondary N) is 1. The Morgan fingerprint density at radius 3 is 2.62 bits per heavy atom. The quantitative estimate of drug-likeness (QED) is 0.453. The summed E-state index contributed by atoms with van der Waals surface area (Å²) in [6, 6.07) is 7.13. The van der Waals surface area contributed by atoms with Crippen LogP contribution in [-0.4, -0.2) is 31.1 Å². The molecule has 0 atom stereocenters. The van der Waals surface area contributed by atoms with Crippen molar-refractivity contribution in [3.8, 4) is 16.1 Å². The predicted molar refractivity (Wildman–Crippen MR) is 114 cm³/mol. The van der Waals surface area contributed by atoms with Gasteiger partial charge in [0.15, 0.2) is 0 Å². The highest BCUT2D eigenvalue weighted by Crippen LogP contribution is 2.36. The largest absolute Gasteiger partial charge is 0.478 e. The first-order chi connectivity index (χ1) is 13.9. The van der Waals surface area contributed by atoms with E-state index in [0.29, 0.717) is 20.3 Å². The monoisotopic (exact) mass is 444 g/mol. The molecule has 146 valence electrons. The molecule has 0 saturated heterocycles. The summed E-state index contributed by atoms with van der Waals surface area (Å²) < 4.78 is 5.61. The second kappa shape index (κ2) is 7.78. The van der Waals surface area contributed by atoms with Crippen LogP contribution < -0.4 is 5.32 Å². The number of rotatable bonds is 5. The van der Waals surface area contributed by atoms with Gasteiger partial charge in [0.1, 0.15) is 10.4 Å². The Balaban J connectivity index is 1.67. The molecule has 0 bridgehead atoms. The number of nitrogens with zero attached hydrogens (tertiary/aromatic N) is 3. The van der Waals surface area contributed by atoms with Gasteiger partial charge in [-0.2, -0.15) is 5.10 Å². The Bertz CT molecular complexity index is 1210. The zero-order valence-electron chi connectivity index (χ0n) is 14.9. The van der Waals surface area contributed by atoms with Crippen molar-refractivity contribution in [3.05, 3.63) is 69.3 Å². The van der Waals surface area contributed by atoms with Crippen molar-refractivity contribution < 1.29 is 14.7 Å². The number of aromatic carboxylic acids is 1. The van der Waals surface area contributed by atoms with E-state index in [9.17, 15) is 14.7 Å². The van der Waals surface area contributed by atoms with Crippen molar-refractivity contribution in [2.45, 2.75) is 6.92 Å². The first-order valence-electron chi connectivity index (χ1n) is 8.32. The van der Waals surface area contributed by atoms with Gasteiger partial charge in [-0.1, -0.05) is 11.6 Å². The van der Waals surface area contributed by atoms with Crippen LogP contribution >= 0.6 is 34.5 Å². The van der Waals surface area contributed by atoms with Crippen LogP contribution in [0, 0.1) is 6.92 Å². The van der Waals surface area contributed by atoms with Gasteiger partial charge in [-0.15, -0.1) is 11.3 Å². The third kappa shape index (κ3) is 3.80.